The van der Waals surface area contributed by atoms with Gasteiger partial charge in [-0.25, -0.2) is 0 Å². The molecule has 0 unspecified atom stereocenters. The Labute approximate surface area is 155 Å². The maximum atomic E-state index is 12.4. The molecule has 0 saturated heterocycles. The first-order chi connectivity index (χ1) is 12.3. The Hall–Kier alpha value is -2.82. The largest absolute Gasteiger partial charge is 0.491 e. The Morgan fingerprint density at radius 3 is 2.27 bits per heavy atom. The van der Waals surface area contributed by atoms with Crippen LogP contribution in [0, 0.1) is 13.8 Å². The number of hydrogen-bond acceptors (Lipinski definition) is 3. The van der Waals surface area contributed by atoms with Gasteiger partial charge in [0.05, 0.1) is 6.10 Å². The Morgan fingerprint density at radius 1 is 1.08 bits per heavy atom. The molecular formula is C21H26N2O3. The van der Waals surface area contributed by atoms with Gasteiger partial charge in [-0.2, -0.15) is 0 Å². The minimum Gasteiger partial charge on any atom is -0.491 e. The van der Waals surface area contributed by atoms with Gasteiger partial charge in [0.25, 0.3) is 0 Å². The number of rotatable bonds is 6. The van der Waals surface area contributed by atoms with Crippen molar-refractivity contribution in [1.82, 2.24) is 0 Å². The van der Waals surface area contributed by atoms with Crippen molar-refractivity contribution < 1.29 is 14.3 Å². The van der Waals surface area contributed by atoms with E-state index in [1.165, 1.54) is 11.8 Å². The van der Waals surface area contributed by atoms with Crippen LogP contribution in [0.4, 0.5) is 11.4 Å². The van der Waals surface area contributed by atoms with Crippen LogP contribution >= 0.6 is 0 Å². The lowest BCUT2D eigenvalue weighted by Gasteiger charge is -2.23. The molecule has 0 atom stereocenters. The summed E-state index contributed by atoms with van der Waals surface area (Å²) in [6.07, 6.45) is 0.0947. The lowest BCUT2D eigenvalue weighted by molar-refractivity contribution is -0.120. The summed E-state index contributed by atoms with van der Waals surface area (Å²) >= 11 is 0. The number of aryl methyl sites for hydroxylation is 2. The van der Waals surface area contributed by atoms with E-state index in [1.54, 1.807) is 12.1 Å². The molecule has 0 heterocycles. The first-order valence-electron chi connectivity index (χ1n) is 8.68. The Bertz CT molecular complexity index is 782. The van der Waals surface area contributed by atoms with Gasteiger partial charge >= 0.3 is 0 Å². The van der Waals surface area contributed by atoms with Crippen LogP contribution in [0.2, 0.25) is 0 Å². The van der Waals surface area contributed by atoms with Crippen LogP contribution in [-0.4, -0.2) is 24.5 Å². The second-order valence-corrected chi connectivity index (χ2v) is 6.63. The summed E-state index contributed by atoms with van der Waals surface area (Å²) in [7, 11) is 0. The summed E-state index contributed by atoms with van der Waals surface area (Å²) in [6.45, 7) is 9.27. The maximum absolute atomic E-state index is 12.4. The minimum absolute atomic E-state index is 0.0382. The number of hydrogen-bond donors (Lipinski definition) is 1. The number of carbonyl (C=O) groups excluding carboxylic acids is 2. The van der Waals surface area contributed by atoms with E-state index >= 15 is 0 Å². The van der Waals surface area contributed by atoms with E-state index in [2.05, 4.69) is 5.32 Å². The predicted molar refractivity (Wildman–Crippen MR) is 105 cm³/mol. The fourth-order valence-electron chi connectivity index (χ4n) is 2.71. The summed E-state index contributed by atoms with van der Waals surface area (Å²) in [5.74, 6) is 0.323. The standard InChI is InChI=1S/C21H26N2O3/c1-14(2)26-19-9-7-18(8-10-19)22-21(25)13-23(17(5)24)20-11-6-15(3)12-16(20)4/h6-12,14H,13H2,1-5H3,(H,22,25). The van der Waals surface area contributed by atoms with Gasteiger partial charge in [0.2, 0.25) is 11.8 Å². The van der Waals surface area contributed by atoms with E-state index in [0.717, 1.165) is 22.6 Å². The molecule has 0 spiro atoms. The summed E-state index contributed by atoms with van der Waals surface area (Å²) < 4.78 is 5.59. The zero-order chi connectivity index (χ0) is 19.3. The molecule has 5 nitrogen and oxygen atoms in total. The van der Waals surface area contributed by atoms with Gasteiger partial charge in [-0.05, 0) is 63.6 Å². The lowest BCUT2D eigenvalue weighted by Crippen LogP contribution is -2.37. The number of benzene rings is 2. The van der Waals surface area contributed by atoms with Crippen molar-refractivity contribution in [1.29, 1.82) is 0 Å². The monoisotopic (exact) mass is 354 g/mol. The number of carbonyl (C=O) groups is 2. The number of nitrogens with zero attached hydrogens (tertiary/aromatic N) is 1. The third kappa shape index (κ3) is 5.34. The van der Waals surface area contributed by atoms with Gasteiger partial charge < -0.3 is 15.0 Å². The van der Waals surface area contributed by atoms with E-state index < -0.39 is 0 Å². The summed E-state index contributed by atoms with van der Waals surface area (Å²) in [5, 5.41) is 2.82. The zero-order valence-electron chi connectivity index (χ0n) is 16.0. The normalized spacial score (nSPS) is 10.5. The van der Waals surface area contributed by atoms with E-state index in [1.807, 2.05) is 58.0 Å². The van der Waals surface area contributed by atoms with Crippen molar-refractivity contribution in [3.8, 4) is 5.75 Å². The van der Waals surface area contributed by atoms with Crippen molar-refractivity contribution in [3.63, 3.8) is 0 Å². The molecule has 1 N–H and O–H groups in total. The molecule has 138 valence electrons. The molecule has 0 fully saturated rings. The number of amides is 2. The number of ether oxygens (including phenoxy) is 1. The minimum atomic E-state index is -0.252. The fourth-order valence-corrected chi connectivity index (χ4v) is 2.71. The molecule has 2 aromatic carbocycles. The average molecular weight is 354 g/mol. The summed E-state index contributed by atoms with van der Waals surface area (Å²) in [4.78, 5) is 25.9. The van der Waals surface area contributed by atoms with Crippen molar-refractivity contribution >= 4 is 23.2 Å². The van der Waals surface area contributed by atoms with E-state index in [0.29, 0.717) is 5.69 Å². The molecule has 2 amide bonds. The van der Waals surface area contributed by atoms with Gasteiger partial charge in [0.1, 0.15) is 12.3 Å². The van der Waals surface area contributed by atoms with Crippen LogP contribution in [-0.2, 0) is 9.59 Å². The molecule has 0 aromatic heterocycles. The van der Waals surface area contributed by atoms with Crippen LogP contribution in [0.15, 0.2) is 42.5 Å². The molecule has 2 rings (SSSR count). The first kappa shape index (κ1) is 19.5. The number of anilines is 2. The number of nitrogens with one attached hydrogen (secondary N) is 1. The van der Waals surface area contributed by atoms with Crippen LogP contribution in [0.25, 0.3) is 0 Å². The Balaban J connectivity index is 2.07. The second kappa shape index (κ2) is 8.52. The summed E-state index contributed by atoms with van der Waals surface area (Å²) in [5.41, 5.74) is 3.49. The maximum Gasteiger partial charge on any atom is 0.244 e. The highest BCUT2D eigenvalue weighted by Crippen LogP contribution is 2.22. The van der Waals surface area contributed by atoms with Crippen molar-refractivity contribution in [3.05, 3.63) is 53.6 Å². The van der Waals surface area contributed by atoms with Crippen LogP contribution in [0.5, 0.6) is 5.75 Å². The van der Waals surface area contributed by atoms with Gasteiger partial charge in [-0.15, -0.1) is 0 Å². The molecule has 0 bridgehead atoms. The van der Waals surface area contributed by atoms with Crippen molar-refractivity contribution in [2.75, 3.05) is 16.8 Å². The van der Waals surface area contributed by atoms with E-state index in [-0.39, 0.29) is 24.5 Å². The molecule has 0 aliphatic carbocycles. The van der Waals surface area contributed by atoms with Crippen LogP contribution in [0.1, 0.15) is 31.9 Å². The van der Waals surface area contributed by atoms with Crippen molar-refractivity contribution in [2.24, 2.45) is 0 Å². The van der Waals surface area contributed by atoms with Crippen LogP contribution in [0.3, 0.4) is 0 Å². The first-order valence-corrected chi connectivity index (χ1v) is 8.68. The molecular weight excluding hydrogens is 328 g/mol. The zero-order valence-corrected chi connectivity index (χ0v) is 16.0. The Morgan fingerprint density at radius 2 is 1.73 bits per heavy atom. The van der Waals surface area contributed by atoms with Gasteiger partial charge in [-0.1, -0.05) is 17.7 Å². The second-order valence-electron chi connectivity index (χ2n) is 6.63. The topological polar surface area (TPSA) is 58.6 Å². The smallest absolute Gasteiger partial charge is 0.244 e. The molecule has 5 heteroatoms. The average Bonchev–Trinajstić information content (AvgIpc) is 2.54. The summed E-state index contributed by atoms with van der Waals surface area (Å²) in [6, 6.07) is 13.0. The highest BCUT2D eigenvalue weighted by Gasteiger charge is 2.17. The third-order valence-electron chi connectivity index (χ3n) is 3.83. The molecule has 0 radical (unpaired) electrons. The van der Waals surface area contributed by atoms with E-state index in [4.69, 9.17) is 4.74 Å². The fraction of sp³-hybridized carbons (Fsp3) is 0.333. The van der Waals surface area contributed by atoms with Gasteiger partial charge in [0.15, 0.2) is 0 Å². The highest BCUT2D eigenvalue weighted by molar-refractivity contribution is 6.02. The predicted octanol–water partition coefficient (Wildman–Crippen LogP) is 4.08. The van der Waals surface area contributed by atoms with Crippen molar-refractivity contribution in [2.45, 2.75) is 40.7 Å². The SMILES string of the molecule is CC(=O)N(CC(=O)Nc1ccc(OC(C)C)cc1)c1ccc(C)cc1C. The van der Waals surface area contributed by atoms with Crippen LogP contribution < -0.4 is 15.0 Å². The van der Waals surface area contributed by atoms with Gasteiger partial charge in [0, 0.05) is 18.3 Å². The van der Waals surface area contributed by atoms with E-state index in [9.17, 15) is 9.59 Å². The molecule has 26 heavy (non-hydrogen) atoms. The molecule has 0 aliphatic heterocycles. The molecule has 0 saturated carbocycles. The highest BCUT2D eigenvalue weighted by atomic mass is 16.5. The molecule has 0 aliphatic rings. The third-order valence-corrected chi connectivity index (χ3v) is 3.83. The van der Waals surface area contributed by atoms with Gasteiger partial charge in [-0.3, -0.25) is 9.59 Å². The quantitative estimate of drug-likeness (QED) is 0.850. The Kier molecular flexibility index (Phi) is 6.39. The molecule has 2 aromatic rings. The lowest BCUT2D eigenvalue weighted by atomic mass is 10.1.